The first-order valence-corrected chi connectivity index (χ1v) is 8.86. The van der Waals surface area contributed by atoms with Crippen LogP contribution in [-0.2, 0) is 6.42 Å². The highest BCUT2D eigenvalue weighted by Gasteiger charge is 2.21. The molecule has 0 atom stereocenters. The second-order valence-corrected chi connectivity index (χ2v) is 7.34. The lowest BCUT2D eigenvalue weighted by Gasteiger charge is -2.04. The minimum Gasteiger partial charge on any atom is -0.358 e. The lowest BCUT2D eigenvalue weighted by molar-refractivity contribution is 1.35. The van der Waals surface area contributed by atoms with Crippen LogP contribution in [0.2, 0.25) is 5.02 Å². The molecule has 4 aromatic carbocycles. The van der Waals surface area contributed by atoms with E-state index in [0.717, 1.165) is 49.0 Å². The summed E-state index contributed by atoms with van der Waals surface area (Å²) in [6.07, 6.45) is 0.747. The molecular weight excluding hydrogens is 386 g/mol. The zero-order valence-electron chi connectivity index (χ0n) is 12.5. The van der Waals surface area contributed by atoms with E-state index >= 15 is 0 Å². The second-order valence-electron chi connectivity index (χ2n) is 6.08. The number of para-hydroxylation sites is 1. The Balaban J connectivity index is 1.96. The summed E-state index contributed by atoms with van der Waals surface area (Å²) in [4.78, 5) is 13.1. The van der Waals surface area contributed by atoms with Crippen LogP contribution >= 0.6 is 27.5 Å². The third kappa shape index (κ3) is 1.80. The Morgan fingerprint density at radius 3 is 2.58 bits per heavy atom. The van der Waals surface area contributed by atoms with Gasteiger partial charge < -0.3 is 5.32 Å². The number of fused-ring (bicyclic) bond motifs is 1. The Morgan fingerprint density at radius 1 is 0.958 bits per heavy atom. The minimum atomic E-state index is 0.0695. The van der Waals surface area contributed by atoms with Crippen LogP contribution in [0.15, 0.2) is 57.8 Å². The summed E-state index contributed by atoms with van der Waals surface area (Å²) in [5, 5.41) is 8.40. The maximum atomic E-state index is 13.1. The number of halogens is 2. The molecule has 0 spiro atoms. The molecule has 1 aliphatic rings. The molecular formula is C20H11BrClNO. The van der Waals surface area contributed by atoms with Crippen molar-refractivity contribution >= 4 is 60.5 Å². The quantitative estimate of drug-likeness (QED) is 0.467. The van der Waals surface area contributed by atoms with Crippen molar-refractivity contribution in [3.63, 3.8) is 0 Å². The van der Waals surface area contributed by atoms with Gasteiger partial charge in [-0.25, -0.2) is 0 Å². The number of nitrogens with one attached hydrogen (secondary N) is 1. The average molecular weight is 397 g/mol. The van der Waals surface area contributed by atoms with E-state index in [-0.39, 0.29) is 5.43 Å². The highest BCUT2D eigenvalue weighted by molar-refractivity contribution is 9.10. The van der Waals surface area contributed by atoms with E-state index in [0.29, 0.717) is 5.02 Å². The molecule has 0 radical (unpaired) electrons. The molecule has 2 nitrogen and oxygen atoms in total. The van der Waals surface area contributed by atoms with E-state index in [1.807, 2.05) is 36.4 Å². The van der Waals surface area contributed by atoms with Crippen molar-refractivity contribution in [2.24, 2.45) is 0 Å². The van der Waals surface area contributed by atoms with Gasteiger partial charge in [-0.3, -0.25) is 4.79 Å². The zero-order valence-corrected chi connectivity index (χ0v) is 14.8. The third-order valence-electron chi connectivity index (χ3n) is 4.77. The zero-order chi connectivity index (χ0) is 16.4. The van der Waals surface area contributed by atoms with E-state index in [9.17, 15) is 4.79 Å². The summed E-state index contributed by atoms with van der Waals surface area (Å²) in [6.45, 7) is 0. The summed E-state index contributed by atoms with van der Waals surface area (Å²) in [5.41, 5.74) is 3.34. The molecule has 1 heterocycles. The molecule has 24 heavy (non-hydrogen) atoms. The SMILES string of the molecule is O=c1c(=C2Cc3ccccc3N2)c2ccc(Br)c3c(Cl)ccc1c32. The standard InChI is InChI=1S/C20H11BrClNO/c21-13-7-5-11-17-12(6-8-14(22)19(13)17)20(24)18(11)16-9-10-3-1-2-4-15(10)23-16/h1-8,23H,9H2. The van der Waals surface area contributed by atoms with Crippen molar-refractivity contribution in [2.75, 3.05) is 5.32 Å². The van der Waals surface area contributed by atoms with E-state index in [1.54, 1.807) is 6.07 Å². The Kier molecular flexibility index (Phi) is 2.94. The summed E-state index contributed by atoms with van der Waals surface area (Å²) < 4.78 is 0.912. The van der Waals surface area contributed by atoms with E-state index in [4.69, 9.17) is 11.6 Å². The van der Waals surface area contributed by atoms with Gasteiger partial charge >= 0.3 is 0 Å². The van der Waals surface area contributed by atoms with Gasteiger partial charge in [0.05, 0.1) is 5.22 Å². The predicted molar refractivity (Wildman–Crippen MR) is 104 cm³/mol. The first-order chi connectivity index (χ1) is 11.6. The van der Waals surface area contributed by atoms with Crippen LogP contribution in [0, 0.1) is 0 Å². The predicted octanol–water partition coefficient (Wildman–Crippen LogP) is 4.70. The van der Waals surface area contributed by atoms with Crippen molar-refractivity contribution < 1.29 is 0 Å². The van der Waals surface area contributed by atoms with Gasteiger partial charge in [-0.05, 0) is 35.2 Å². The summed E-state index contributed by atoms with van der Waals surface area (Å²) in [5.74, 6) is 0. The monoisotopic (exact) mass is 395 g/mol. The molecule has 0 unspecified atom stereocenters. The lowest BCUT2D eigenvalue weighted by atomic mass is 10.1. The molecule has 0 bridgehead atoms. The smallest absolute Gasteiger partial charge is 0.196 e. The fourth-order valence-corrected chi connectivity index (χ4v) is 4.63. The van der Waals surface area contributed by atoms with Crippen molar-refractivity contribution in [1.29, 1.82) is 0 Å². The van der Waals surface area contributed by atoms with Gasteiger partial charge in [0.2, 0.25) is 0 Å². The number of anilines is 1. The molecule has 0 saturated heterocycles. The van der Waals surface area contributed by atoms with Crippen LogP contribution < -0.4 is 16.0 Å². The van der Waals surface area contributed by atoms with E-state index in [1.165, 1.54) is 5.56 Å². The van der Waals surface area contributed by atoms with Crippen LogP contribution in [0.25, 0.3) is 27.2 Å². The van der Waals surface area contributed by atoms with E-state index < -0.39 is 0 Å². The first kappa shape index (κ1) is 14.3. The summed E-state index contributed by atoms with van der Waals surface area (Å²) in [6, 6.07) is 15.8. The Labute approximate surface area is 151 Å². The Hall–Kier alpha value is -2.10. The molecule has 0 amide bonds. The van der Waals surface area contributed by atoms with Crippen LogP contribution in [-0.4, -0.2) is 0 Å². The first-order valence-electron chi connectivity index (χ1n) is 7.69. The van der Waals surface area contributed by atoms with Crippen LogP contribution in [0.1, 0.15) is 5.56 Å². The van der Waals surface area contributed by atoms with Crippen molar-refractivity contribution in [2.45, 2.75) is 6.42 Å². The average Bonchev–Trinajstić information content (AvgIpc) is 3.11. The van der Waals surface area contributed by atoms with Crippen LogP contribution in [0.5, 0.6) is 0 Å². The normalized spacial score (nSPS) is 15.9. The molecule has 0 fully saturated rings. The van der Waals surface area contributed by atoms with Gasteiger partial charge in [-0.2, -0.15) is 0 Å². The van der Waals surface area contributed by atoms with Gasteiger partial charge in [0.15, 0.2) is 5.43 Å². The van der Waals surface area contributed by atoms with Gasteiger partial charge in [0, 0.05) is 43.5 Å². The number of hydrogen-bond acceptors (Lipinski definition) is 2. The largest absolute Gasteiger partial charge is 0.358 e. The van der Waals surface area contributed by atoms with Gasteiger partial charge in [0.25, 0.3) is 0 Å². The third-order valence-corrected chi connectivity index (χ3v) is 5.75. The fraction of sp³-hybridized carbons (Fsp3) is 0.0500. The summed E-state index contributed by atoms with van der Waals surface area (Å²) >= 11 is 9.95. The molecule has 5 rings (SSSR count). The number of rotatable bonds is 0. The van der Waals surface area contributed by atoms with E-state index in [2.05, 4.69) is 27.3 Å². The Bertz CT molecular complexity index is 1210. The van der Waals surface area contributed by atoms with Crippen molar-refractivity contribution in [3.05, 3.63) is 79.0 Å². The molecule has 0 saturated carbocycles. The highest BCUT2D eigenvalue weighted by atomic mass is 79.9. The molecule has 0 aliphatic carbocycles. The molecule has 116 valence electrons. The Morgan fingerprint density at radius 2 is 1.75 bits per heavy atom. The topological polar surface area (TPSA) is 29.1 Å². The van der Waals surface area contributed by atoms with Crippen LogP contribution in [0.3, 0.4) is 0 Å². The second kappa shape index (κ2) is 4.95. The summed E-state index contributed by atoms with van der Waals surface area (Å²) in [7, 11) is 0. The maximum absolute atomic E-state index is 13.1. The highest BCUT2D eigenvalue weighted by Crippen LogP contribution is 2.36. The van der Waals surface area contributed by atoms with Gasteiger partial charge in [-0.15, -0.1) is 0 Å². The number of benzene rings is 3. The molecule has 1 N–H and O–H groups in total. The van der Waals surface area contributed by atoms with Gasteiger partial charge in [-0.1, -0.05) is 51.8 Å². The van der Waals surface area contributed by atoms with Crippen molar-refractivity contribution in [3.8, 4) is 0 Å². The molecule has 4 aromatic rings. The molecule has 1 aliphatic heterocycles. The van der Waals surface area contributed by atoms with Crippen molar-refractivity contribution in [1.82, 2.24) is 0 Å². The fourth-order valence-electron chi connectivity index (χ4n) is 3.71. The molecule has 0 aromatic heterocycles. The maximum Gasteiger partial charge on any atom is 0.196 e. The minimum absolute atomic E-state index is 0.0695. The van der Waals surface area contributed by atoms with Crippen LogP contribution in [0.4, 0.5) is 5.69 Å². The lowest BCUT2D eigenvalue weighted by Crippen LogP contribution is -2.24. The molecule has 4 heteroatoms. The van der Waals surface area contributed by atoms with Gasteiger partial charge in [0.1, 0.15) is 0 Å². The number of hydrogen-bond donors (Lipinski definition) is 1.